The predicted molar refractivity (Wildman–Crippen MR) is 54.8 cm³/mol. The molecule has 3 heteroatoms. The number of carbonyl (C=O) groups is 2. The van der Waals surface area contributed by atoms with Crippen LogP contribution in [0.4, 0.5) is 0 Å². The first-order valence-corrected chi connectivity index (χ1v) is 4.62. The van der Waals surface area contributed by atoms with Gasteiger partial charge >= 0.3 is 5.97 Å². The van der Waals surface area contributed by atoms with Crippen molar-refractivity contribution in [2.75, 3.05) is 0 Å². The van der Waals surface area contributed by atoms with Gasteiger partial charge in [0.05, 0.1) is 0 Å². The van der Waals surface area contributed by atoms with E-state index in [1.807, 2.05) is 0 Å². The summed E-state index contributed by atoms with van der Waals surface area (Å²) < 4.78 is 5.11. The van der Waals surface area contributed by atoms with Gasteiger partial charge < -0.3 is 4.74 Å². The van der Waals surface area contributed by atoms with Gasteiger partial charge in [-0.25, -0.2) is 0 Å². The highest BCUT2D eigenvalue weighted by atomic mass is 16.6. The van der Waals surface area contributed by atoms with E-state index in [2.05, 4.69) is 6.58 Å². The van der Waals surface area contributed by atoms with Gasteiger partial charge in [-0.05, 0) is 34.1 Å². The number of carbonyl (C=O) groups excluding carboxylic acids is 2. The molecule has 0 amide bonds. The highest BCUT2D eigenvalue weighted by Crippen LogP contribution is 2.14. The molecule has 3 nitrogen and oxygen atoms in total. The third kappa shape index (κ3) is 4.80. The number of esters is 1. The van der Waals surface area contributed by atoms with Gasteiger partial charge in [-0.15, -0.1) is 6.58 Å². The molecule has 0 N–H and O–H groups in total. The summed E-state index contributed by atoms with van der Waals surface area (Å²) in [5.41, 5.74) is -0.550. The Labute approximate surface area is 85.1 Å². The van der Waals surface area contributed by atoms with Crippen molar-refractivity contribution in [1.29, 1.82) is 0 Å². The Balaban J connectivity index is 4.45. The molecular weight excluding hydrogens is 180 g/mol. The number of ether oxygens (including phenoxy) is 1. The largest absolute Gasteiger partial charge is 0.459 e. The van der Waals surface area contributed by atoms with Crippen LogP contribution in [0.3, 0.4) is 0 Å². The highest BCUT2D eigenvalue weighted by Gasteiger charge is 2.27. The maximum Gasteiger partial charge on any atom is 0.317 e. The van der Waals surface area contributed by atoms with Crippen LogP contribution >= 0.6 is 0 Å². The second-order valence-electron chi connectivity index (χ2n) is 4.22. The first-order chi connectivity index (χ1) is 6.28. The summed E-state index contributed by atoms with van der Waals surface area (Å²) in [6.45, 7) is 10.2. The van der Waals surface area contributed by atoms with E-state index >= 15 is 0 Å². The van der Waals surface area contributed by atoms with Crippen molar-refractivity contribution in [3.63, 3.8) is 0 Å². The van der Waals surface area contributed by atoms with E-state index < -0.39 is 17.5 Å². The third-order valence-corrected chi connectivity index (χ3v) is 1.58. The number of hydrogen-bond donors (Lipinski definition) is 0. The number of ketones is 1. The molecule has 0 spiro atoms. The summed E-state index contributed by atoms with van der Waals surface area (Å²) in [6, 6.07) is 0. The second-order valence-corrected chi connectivity index (χ2v) is 4.22. The van der Waals surface area contributed by atoms with Crippen molar-refractivity contribution < 1.29 is 14.3 Å². The lowest BCUT2D eigenvalue weighted by atomic mass is 10.0. The van der Waals surface area contributed by atoms with Gasteiger partial charge in [-0.3, -0.25) is 9.59 Å². The number of rotatable bonds is 4. The molecule has 14 heavy (non-hydrogen) atoms. The number of Topliss-reactive ketones (excluding diaryl/α,β-unsaturated/α-hetero) is 1. The van der Waals surface area contributed by atoms with Crippen LogP contribution < -0.4 is 0 Å². The predicted octanol–water partition coefficient (Wildman–Crippen LogP) is 2.11. The van der Waals surface area contributed by atoms with E-state index in [1.165, 1.54) is 6.92 Å². The van der Waals surface area contributed by atoms with Crippen LogP contribution in [0.15, 0.2) is 12.7 Å². The zero-order valence-electron chi connectivity index (χ0n) is 9.29. The molecule has 0 rings (SSSR count). The van der Waals surface area contributed by atoms with Crippen LogP contribution in [-0.2, 0) is 14.3 Å². The van der Waals surface area contributed by atoms with E-state index in [4.69, 9.17) is 4.74 Å². The molecule has 80 valence electrons. The molecule has 0 aromatic carbocycles. The summed E-state index contributed by atoms with van der Waals surface area (Å²) in [7, 11) is 0. The summed E-state index contributed by atoms with van der Waals surface area (Å²) in [4.78, 5) is 22.6. The van der Waals surface area contributed by atoms with E-state index in [0.29, 0.717) is 6.42 Å². The van der Waals surface area contributed by atoms with Crippen molar-refractivity contribution in [3.8, 4) is 0 Å². The molecule has 0 heterocycles. The summed E-state index contributed by atoms with van der Waals surface area (Å²) in [6.07, 6.45) is 1.89. The van der Waals surface area contributed by atoms with Crippen LogP contribution in [0, 0.1) is 5.92 Å². The molecule has 0 aliphatic heterocycles. The summed E-state index contributed by atoms with van der Waals surface area (Å²) in [5, 5.41) is 0. The van der Waals surface area contributed by atoms with E-state index in [0.717, 1.165) is 0 Å². The van der Waals surface area contributed by atoms with Gasteiger partial charge in [0.15, 0.2) is 0 Å². The Bertz CT molecular complexity index is 235. The molecule has 0 aliphatic carbocycles. The quantitative estimate of drug-likeness (QED) is 0.395. The Hall–Kier alpha value is -1.12. The van der Waals surface area contributed by atoms with E-state index in [-0.39, 0.29) is 5.78 Å². The van der Waals surface area contributed by atoms with Crippen LogP contribution in [0.25, 0.3) is 0 Å². The lowest BCUT2D eigenvalue weighted by Crippen LogP contribution is -2.31. The zero-order chi connectivity index (χ0) is 11.4. The van der Waals surface area contributed by atoms with Gasteiger partial charge in [0.25, 0.3) is 0 Å². The topological polar surface area (TPSA) is 43.4 Å². The van der Waals surface area contributed by atoms with Crippen molar-refractivity contribution in [1.82, 2.24) is 0 Å². The fourth-order valence-electron chi connectivity index (χ4n) is 0.968. The first-order valence-electron chi connectivity index (χ1n) is 4.62. The third-order valence-electron chi connectivity index (χ3n) is 1.58. The lowest BCUT2D eigenvalue weighted by molar-refractivity contribution is -0.161. The zero-order valence-corrected chi connectivity index (χ0v) is 9.29. The minimum atomic E-state index is -0.702. The van der Waals surface area contributed by atoms with Gasteiger partial charge in [0.1, 0.15) is 17.3 Å². The van der Waals surface area contributed by atoms with Crippen LogP contribution in [-0.4, -0.2) is 17.4 Å². The SMILES string of the molecule is C=CCC(C(C)=O)C(=O)OC(C)(C)C. The van der Waals surface area contributed by atoms with Gasteiger partial charge in [-0.1, -0.05) is 6.08 Å². The molecule has 0 bridgehead atoms. The highest BCUT2D eigenvalue weighted by molar-refractivity contribution is 5.97. The minimum absolute atomic E-state index is 0.181. The molecule has 0 aromatic heterocycles. The van der Waals surface area contributed by atoms with Gasteiger partial charge in [-0.2, -0.15) is 0 Å². The molecule has 0 radical (unpaired) electrons. The Morgan fingerprint density at radius 2 is 1.93 bits per heavy atom. The fourth-order valence-corrected chi connectivity index (χ4v) is 0.968. The molecule has 0 fully saturated rings. The van der Waals surface area contributed by atoms with Crippen LogP contribution in [0.1, 0.15) is 34.1 Å². The maximum absolute atomic E-state index is 11.5. The molecule has 1 unspecified atom stereocenters. The van der Waals surface area contributed by atoms with Crippen LogP contribution in [0.2, 0.25) is 0 Å². The maximum atomic E-state index is 11.5. The lowest BCUT2D eigenvalue weighted by Gasteiger charge is -2.22. The minimum Gasteiger partial charge on any atom is -0.459 e. The standard InChI is InChI=1S/C11H18O3/c1-6-7-9(8(2)12)10(13)14-11(3,4)5/h6,9H,1,7H2,2-5H3. The van der Waals surface area contributed by atoms with Crippen molar-refractivity contribution in [2.45, 2.75) is 39.7 Å². The smallest absolute Gasteiger partial charge is 0.317 e. The summed E-state index contributed by atoms with van der Waals surface area (Å²) >= 11 is 0. The molecule has 0 saturated heterocycles. The normalized spacial score (nSPS) is 13.1. The van der Waals surface area contributed by atoms with Crippen molar-refractivity contribution in [2.24, 2.45) is 5.92 Å². The molecule has 1 atom stereocenters. The number of hydrogen-bond acceptors (Lipinski definition) is 3. The average Bonchev–Trinajstić information content (AvgIpc) is 1.95. The van der Waals surface area contributed by atoms with E-state index in [9.17, 15) is 9.59 Å². The fraction of sp³-hybridized carbons (Fsp3) is 0.636. The van der Waals surface area contributed by atoms with Crippen molar-refractivity contribution in [3.05, 3.63) is 12.7 Å². The number of allylic oxidation sites excluding steroid dienone is 1. The molecule has 0 saturated carbocycles. The molecular formula is C11H18O3. The Morgan fingerprint density at radius 3 is 2.21 bits per heavy atom. The monoisotopic (exact) mass is 198 g/mol. The summed E-state index contributed by atoms with van der Waals surface area (Å²) in [5.74, 6) is -1.35. The Morgan fingerprint density at radius 1 is 1.43 bits per heavy atom. The second kappa shape index (κ2) is 4.94. The van der Waals surface area contributed by atoms with Crippen molar-refractivity contribution >= 4 is 11.8 Å². The van der Waals surface area contributed by atoms with Gasteiger partial charge in [0, 0.05) is 0 Å². The average molecular weight is 198 g/mol. The first kappa shape index (κ1) is 12.9. The van der Waals surface area contributed by atoms with E-state index in [1.54, 1.807) is 26.8 Å². The molecule has 0 aromatic rings. The molecule has 0 aliphatic rings. The Kier molecular flexibility index (Phi) is 4.54. The van der Waals surface area contributed by atoms with Crippen LogP contribution in [0.5, 0.6) is 0 Å². The van der Waals surface area contributed by atoms with Gasteiger partial charge in [0.2, 0.25) is 0 Å².